The van der Waals surface area contributed by atoms with E-state index in [2.05, 4.69) is 10.3 Å². The molecule has 0 radical (unpaired) electrons. The van der Waals surface area contributed by atoms with Crippen molar-refractivity contribution in [2.45, 2.75) is 46.4 Å². The summed E-state index contributed by atoms with van der Waals surface area (Å²) in [5, 5.41) is 4.15. The lowest BCUT2D eigenvalue weighted by Gasteiger charge is -2.16. The maximum absolute atomic E-state index is 14.3. The highest BCUT2D eigenvalue weighted by atomic mass is 35.5. The van der Waals surface area contributed by atoms with Crippen LogP contribution in [0.2, 0.25) is 0 Å². The third kappa shape index (κ3) is 7.89. The lowest BCUT2D eigenvalue weighted by atomic mass is 10.1. The minimum absolute atomic E-state index is 0. The van der Waals surface area contributed by atoms with Crippen LogP contribution in [-0.2, 0) is 21.1 Å². The zero-order valence-corrected chi connectivity index (χ0v) is 19.3. The molecule has 0 fully saturated rings. The molecule has 2 rings (SSSR count). The molecule has 0 aliphatic carbocycles. The van der Waals surface area contributed by atoms with E-state index in [0.29, 0.717) is 0 Å². The summed E-state index contributed by atoms with van der Waals surface area (Å²) in [6, 6.07) is 3.73. The molecule has 3 N–H and O–H groups in total. The largest absolute Gasteiger partial charge is 0.442 e. The van der Waals surface area contributed by atoms with E-state index in [1.807, 2.05) is 13.8 Å². The molecule has 0 spiro atoms. The van der Waals surface area contributed by atoms with Crippen LogP contribution in [0.25, 0.3) is 0 Å². The quantitative estimate of drug-likeness (QED) is 0.601. The Morgan fingerprint density at radius 1 is 1.32 bits per heavy atom. The van der Waals surface area contributed by atoms with Crippen LogP contribution in [0.15, 0.2) is 34.8 Å². The number of carbonyl (C=O) groups is 3. The second kappa shape index (κ2) is 11.2. The highest BCUT2D eigenvalue weighted by Crippen LogP contribution is 2.17. The Hall–Kier alpha value is -2.56. The Kier molecular flexibility index (Phi) is 9.54. The van der Waals surface area contributed by atoms with Gasteiger partial charge in [-0.1, -0.05) is 13.8 Å². The van der Waals surface area contributed by atoms with Crippen LogP contribution in [0.3, 0.4) is 0 Å². The van der Waals surface area contributed by atoms with Crippen molar-refractivity contribution in [3.8, 4) is 0 Å². The van der Waals surface area contributed by atoms with Gasteiger partial charge in [-0.3, -0.25) is 19.0 Å². The Bertz CT molecular complexity index is 1010. The van der Waals surface area contributed by atoms with Gasteiger partial charge in [-0.2, -0.15) is 4.99 Å². The number of halogens is 2. The van der Waals surface area contributed by atoms with Crippen LogP contribution in [0.5, 0.6) is 0 Å². The normalized spacial score (nSPS) is 11.8. The van der Waals surface area contributed by atoms with Gasteiger partial charge in [-0.15, -0.1) is 23.7 Å². The minimum atomic E-state index is -1.15. The molecule has 0 aliphatic heterocycles. The molecule has 2 aromatic rings. The summed E-state index contributed by atoms with van der Waals surface area (Å²) in [4.78, 5) is 40.3. The molecule has 0 bridgehead atoms. The number of ether oxygens (including phenoxy) is 1. The topological polar surface area (TPSA) is 116 Å². The molecular formula is C20H26ClFN4O4S. The van der Waals surface area contributed by atoms with Gasteiger partial charge in [0.25, 0.3) is 5.91 Å². The Balaban J connectivity index is 0.00000480. The summed E-state index contributed by atoms with van der Waals surface area (Å²) in [5.74, 6) is -2.17. The maximum Gasteiger partial charge on any atom is 0.327 e. The van der Waals surface area contributed by atoms with E-state index in [1.54, 1.807) is 11.6 Å². The number of thiazole rings is 1. The molecule has 1 aromatic heterocycles. The van der Waals surface area contributed by atoms with Gasteiger partial charge in [0, 0.05) is 23.6 Å². The number of nitrogens with one attached hydrogen (secondary N) is 1. The van der Waals surface area contributed by atoms with Gasteiger partial charge in [-0.05, 0) is 38.0 Å². The summed E-state index contributed by atoms with van der Waals surface area (Å²) in [7, 11) is 0. The monoisotopic (exact) mass is 472 g/mol. The van der Waals surface area contributed by atoms with E-state index in [0.717, 1.165) is 17.4 Å². The number of anilines is 1. The molecule has 0 saturated carbocycles. The van der Waals surface area contributed by atoms with Crippen molar-refractivity contribution < 1.29 is 23.5 Å². The maximum atomic E-state index is 14.3. The van der Waals surface area contributed by atoms with Crippen molar-refractivity contribution in [1.29, 1.82) is 0 Å². The predicted molar refractivity (Wildman–Crippen MR) is 118 cm³/mol. The lowest BCUT2D eigenvalue weighted by Crippen LogP contribution is -2.43. The van der Waals surface area contributed by atoms with Crippen LogP contribution in [0, 0.1) is 11.7 Å². The number of rotatable bonds is 7. The summed E-state index contributed by atoms with van der Waals surface area (Å²) in [6.07, 6.45) is 1.86. The number of aromatic nitrogens is 1. The Labute approximate surface area is 189 Å². The van der Waals surface area contributed by atoms with Gasteiger partial charge >= 0.3 is 5.97 Å². The Morgan fingerprint density at radius 3 is 2.58 bits per heavy atom. The predicted octanol–water partition coefficient (Wildman–Crippen LogP) is 3.07. The zero-order chi connectivity index (χ0) is 22.5. The molecular weight excluding hydrogens is 447 g/mol. The molecule has 31 heavy (non-hydrogen) atoms. The van der Waals surface area contributed by atoms with Crippen LogP contribution in [0.1, 0.15) is 44.5 Å². The van der Waals surface area contributed by atoms with E-state index in [9.17, 15) is 18.8 Å². The molecule has 1 aromatic carbocycles. The van der Waals surface area contributed by atoms with Crippen LogP contribution >= 0.6 is 23.7 Å². The van der Waals surface area contributed by atoms with E-state index >= 15 is 0 Å². The zero-order valence-electron chi connectivity index (χ0n) is 17.7. The first-order valence-corrected chi connectivity index (χ1v) is 10.1. The van der Waals surface area contributed by atoms with Crippen molar-refractivity contribution in [2.75, 3.05) is 5.32 Å². The highest BCUT2D eigenvalue weighted by molar-refractivity contribution is 7.07. The molecule has 0 unspecified atom stereocenters. The van der Waals surface area contributed by atoms with Crippen molar-refractivity contribution in [2.24, 2.45) is 16.6 Å². The highest BCUT2D eigenvalue weighted by Gasteiger charge is 2.23. The molecule has 2 amide bonds. The van der Waals surface area contributed by atoms with Gasteiger partial charge in [0.1, 0.15) is 11.4 Å². The van der Waals surface area contributed by atoms with Gasteiger partial charge in [0.15, 0.2) is 11.5 Å². The molecule has 8 nitrogen and oxygen atoms in total. The number of hydrogen-bond acceptors (Lipinski definition) is 6. The SMILES string of the molecule is CC(C)CC(=O)Nc1ccc(C(=O)/N=c2\sccn2COC(=O)C(C)(C)N)cc1F.Cl. The van der Waals surface area contributed by atoms with E-state index in [-0.39, 0.29) is 53.4 Å². The molecule has 0 aliphatic rings. The van der Waals surface area contributed by atoms with Crippen LogP contribution in [-0.4, -0.2) is 27.9 Å². The standard InChI is InChI=1S/C20H25FN4O4S.ClH/c1-12(2)9-16(26)23-15-6-5-13(10-14(15)21)17(27)24-19-25(7-8-30-19)11-29-18(28)20(3,4)22;/h5-8,10,12H,9,11,22H2,1-4H3,(H,23,26);1H/b24-19-;. The first-order chi connectivity index (χ1) is 14.0. The second-order valence-electron chi connectivity index (χ2n) is 7.70. The molecule has 1 heterocycles. The first kappa shape index (κ1) is 26.5. The number of nitrogens with two attached hydrogens (primary N) is 1. The number of hydrogen-bond donors (Lipinski definition) is 2. The van der Waals surface area contributed by atoms with Gasteiger partial charge in [0.2, 0.25) is 5.91 Å². The lowest BCUT2D eigenvalue weighted by molar-refractivity contribution is -0.152. The Morgan fingerprint density at radius 2 is 2.00 bits per heavy atom. The number of carbonyl (C=O) groups excluding carboxylic acids is 3. The summed E-state index contributed by atoms with van der Waals surface area (Å²) in [5.41, 5.74) is 4.55. The fraction of sp³-hybridized carbons (Fsp3) is 0.400. The molecule has 11 heteroatoms. The summed E-state index contributed by atoms with van der Waals surface area (Å²) >= 11 is 1.16. The minimum Gasteiger partial charge on any atom is -0.442 e. The van der Waals surface area contributed by atoms with Gasteiger partial charge in [-0.25, -0.2) is 4.39 Å². The summed E-state index contributed by atoms with van der Waals surface area (Å²) < 4.78 is 20.9. The van der Waals surface area contributed by atoms with Crippen molar-refractivity contribution in [1.82, 2.24) is 4.57 Å². The van der Waals surface area contributed by atoms with Crippen molar-refractivity contribution >= 4 is 47.2 Å². The van der Waals surface area contributed by atoms with E-state index in [4.69, 9.17) is 10.5 Å². The van der Waals surface area contributed by atoms with Crippen LogP contribution in [0.4, 0.5) is 10.1 Å². The molecule has 0 saturated heterocycles. The molecule has 0 atom stereocenters. The number of nitrogens with zero attached hydrogens (tertiary/aromatic N) is 2. The van der Waals surface area contributed by atoms with E-state index in [1.165, 1.54) is 30.5 Å². The fourth-order valence-corrected chi connectivity index (χ4v) is 2.99. The number of amides is 2. The van der Waals surface area contributed by atoms with E-state index < -0.39 is 23.2 Å². The molecule has 170 valence electrons. The van der Waals surface area contributed by atoms with Gasteiger partial charge in [0.05, 0.1) is 5.69 Å². The fourth-order valence-electron chi connectivity index (χ4n) is 2.27. The third-order valence-corrected chi connectivity index (χ3v) is 4.60. The second-order valence-corrected chi connectivity index (χ2v) is 8.57. The van der Waals surface area contributed by atoms with Gasteiger partial charge < -0.3 is 15.8 Å². The van der Waals surface area contributed by atoms with Crippen LogP contribution < -0.4 is 15.9 Å². The summed E-state index contributed by atoms with van der Waals surface area (Å²) in [6.45, 7) is 6.64. The number of benzene rings is 1. The smallest absolute Gasteiger partial charge is 0.327 e. The first-order valence-electron chi connectivity index (χ1n) is 9.26. The van der Waals surface area contributed by atoms with Crippen molar-refractivity contribution in [3.05, 3.63) is 46.0 Å². The average molecular weight is 473 g/mol. The number of esters is 1. The third-order valence-electron chi connectivity index (χ3n) is 3.80. The van der Waals surface area contributed by atoms with Crippen molar-refractivity contribution in [3.63, 3.8) is 0 Å². The average Bonchev–Trinajstić information content (AvgIpc) is 3.06.